The number of aromatic nitrogens is 3. The number of benzene rings is 2. The zero-order chi connectivity index (χ0) is 20.5. The molecule has 0 saturated carbocycles. The number of ether oxygens (including phenoxy) is 1. The average molecular weight is 400 g/mol. The third-order valence-electron chi connectivity index (χ3n) is 5.30. The fourth-order valence-corrected chi connectivity index (χ4v) is 3.80. The molecule has 4 aromatic rings. The molecule has 2 aromatic carbocycles. The van der Waals surface area contributed by atoms with Crippen LogP contribution in [0.3, 0.4) is 0 Å². The minimum absolute atomic E-state index is 0.0665. The Bertz CT molecular complexity index is 1200. The number of nitrogens with zero attached hydrogens (tertiary/aromatic N) is 2. The lowest BCUT2D eigenvalue weighted by molar-refractivity contribution is 0.0950. The van der Waals surface area contributed by atoms with Gasteiger partial charge in [-0.2, -0.15) is 0 Å². The first-order valence-corrected chi connectivity index (χ1v) is 9.74. The van der Waals surface area contributed by atoms with E-state index in [0.29, 0.717) is 36.1 Å². The Labute approximate surface area is 173 Å². The summed E-state index contributed by atoms with van der Waals surface area (Å²) in [6, 6.07) is 17.5. The Hall–Kier alpha value is -3.87. The summed E-state index contributed by atoms with van der Waals surface area (Å²) < 4.78 is 11.1. The summed E-state index contributed by atoms with van der Waals surface area (Å²) >= 11 is 0. The summed E-state index contributed by atoms with van der Waals surface area (Å²) in [6.45, 7) is 0.515. The van der Waals surface area contributed by atoms with Crippen LogP contribution in [0.1, 0.15) is 27.7 Å². The van der Waals surface area contributed by atoms with Gasteiger partial charge in [0.2, 0.25) is 5.89 Å². The van der Waals surface area contributed by atoms with Crippen LogP contribution >= 0.6 is 0 Å². The lowest BCUT2D eigenvalue weighted by Crippen LogP contribution is -2.26. The molecule has 0 spiro atoms. The van der Waals surface area contributed by atoms with Gasteiger partial charge in [0.1, 0.15) is 23.4 Å². The molecule has 7 nitrogen and oxygen atoms in total. The summed E-state index contributed by atoms with van der Waals surface area (Å²) in [5.74, 6) is 1.70. The highest BCUT2D eigenvalue weighted by molar-refractivity contribution is 5.94. The largest absolute Gasteiger partial charge is 0.496 e. The van der Waals surface area contributed by atoms with Gasteiger partial charge in [-0.1, -0.05) is 36.4 Å². The van der Waals surface area contributed by atoms with Gasteiger partial charge < -0.3 is 19.5 Å². The molecule has 3 heterocycles. The Morgan fingerprint density at radius 1 is 1.07 bits per heavy atom. The minimum atomic E-state index is -0.198. The first-order valence-electron chi connectivity index (χ1n) is 9.74. The Balaban J connectivity index is 1.48. The quantitative estimate of drug-likeness (QED) is 0.543. The second-order valence-corrected chi connectivity index (χ2v) is 7.17. The first kappa shape index (κ1) is 18.2. The van der Waals surface area contributed by atoms with E-state index >= 15 is 0 Å². The van der Waals surface area contributed by atoms with E-state index in [-0.39, 0.29) is 11.8 Å². The molecule has 0 bridgehead atoms. The predicted molar refractivity (Wildman–Crippen MR) is 111 cm³/mol. The highest BCUT2D eigenvalue weighted by atomic mass is 16.5. The summed E-state index contributed by atoms with van der Waals surface area (Å²) in [7, 11) is 1.66. The molecule has 1 amide bonds. The molecule has 1 atom stereocenters. The zero-order valence-corrected chi connectivity index (χ0v) is 16.4. The number of para-hydroxylation sites is 1. The zero-order valence-electron chi connectivity index (χ0n) is 16.4. The lowest BCUT2D eigenvalue weighted by Gasteiger charge is -2.17. The number of amides is 1. The second kappa shape index (κ2) is 7.51. The molecular formula is C23H20N4O3. The molecule has 1 aliphatic rings. The topological polar surface area (TPSA) is 93.0 Å². The monoisotopic (exact) mass is 400 g/mol. The van der Waals surface area contributed by atoms with Crippen LogP contribution < -0.4 is 10.1 Å². The molecule has 2 N–H and O–H groups in total. The van der Waals surface area contributed by atoms with E-state index in [1.54, 1.807) is 13.4 Å². The number of oxazole rings is 1. The van der Waals surface area contributed by atoms with Crippen LogP contribution in [0.4, 0.5) is 0 Å². The van der Waals surface area contributed by atoms with Crippen molar-refractivity contribution < 1.29 is 13.9 Å². The molecule has 2 aromatic heterocycles. The second-order valence-electron chi connectivity index (χ2n) is 7.17. The Morgan fingerprint density at radius 2 is 1.87 bits per heavy atom. The van der Waals surface area contributed by atoms with Gasteiger partial charge in [0, 0.05) is 23.7 Å². The van der Waals surface area contributed by atoms with Crippen LogP contribution in [-0.4, -0.2) is 34.5 Å². The van der Waals surface area contributed by atoms with Crippen molar-refractivity contribution in [3.63, 3.8) is 0 Å². The molecule has 0 radical (unpaired) electrons. The maximum atomic E-state index is 12.6. The summed E-state index contributed by atoms with van der Waals surface area (Å²) in [6.07, 6.45) is 2.18. The Morgan fingerprint density at radius 3 is 2.70 bits per heavy atom. The van der Waals surface area contributed by atoms with Crippen molar-refractivity contribution in [1.29, 1.82) is 0 Å². The van der Waals surface area contributed by atoms with Crippen molar-refractivity contribution in [2.75, 3.05) is 13.7 Å². The fraction of sp³-hybridized carbons (Fsp3) is 0.174. The third kappa shape index (κ3) is 3.24. The van der Waals surface area contributed by atoms with E-state index in [0.717, 1.165) is 22.6 Å². The molecule has 0 unspecified atom stereocenters. The summed E-state index contributed by atoms with van der Waals surface area (Å²) in [5.41, 5.74) is 3.67. The van der Waals surface area contributed by atoms with Gasteiger partial charge in [-0.15, -0.1) is 0 Å². The van der Waals surface area contributed by atoms with Crippen LogP contribution in [0.25, 0.3) is 23.0 Å². The minimum Gasteiger partial charge on any atom is -0.496 e. The molecule has 1 aliphatic heterocycles. The normalized spacial score (nSPS) is 15.9. The van der Waals surface area contributed by atoms with E-state index in [4.69, 9.17) is 9.15 Å². The van der Waals surface area contributed by atoms with Gasteiger partial charge in [-0.25, -0.2) is 9.97 Å². The molecule has 0 aliphatic carbocycles. The number of nitrogens with one attached hydrogen (secondary N) is 2. The molecule has 30 heavy (non-hydrogen) atoms. The molecule has 7 heteroatoms. The first-order chi connectivity index (χ1) is 14.7. The Kier molecular flexibility index (Phi) is 4.55. The average Bonchev–Trinajstić information content (AvgIpc) is 3.41. The number of fused-ring (bicyclic) bond motifs is 1. The number of carbonyl (C=O) groups is 1. The number of imidazole rings is 1. The van der Waals surface area contributed by atoms with Gasteiger partial charge >= 0.3 is 0 Å². The molecule has 0 saturated heterocycles. The fourth-order valence-electron chi connectivity index (χ4n) is 3.80. The highest BCUT2D eigenvalue weighted by Gasteiger charge is 2.28. The molecule has 150 valence electrons. The smallest absolute Gasteiger partial charge is 0.271 e. The van der Waals surface area contributed by atoms with Gasteiger partial charge in [0.25, 0.3) is 5.91 Å². The third-order valence-corrected chi connectivity index (χ3v) is 5.30. The summed E-state index contributed by atoms with van der Waals surface area (Å²) in [4.78, 5) is 25.0. The van der Waals surface area contributed by atoms with E-state index < -0.39 is 0 Å². The van der Waals surface area contributed by atoms with Crippen LogP contribution in [0.2, 0.25) is 0 Å². The van der Waals surface area contributed by atoms with Crippen LogP contribution in [0, 0.1) is 0 Å². The number of hydrogen-bond acceptors (Lipinski definition) is 5. The van der Waals surface area contributed by atoms with Gasteiger partial charge in [0.15, 0.2) is 5.82 Å². The molecular weight excluding hydrogens is 380 g/mol. The van der Waals surface area contributed by atoms with Crippen molar-refractivity contribution >= 4 is 5.91 Å². The van der Waals surface area contributed by atoms with Crippen LogP contribution in [0.5, 0.6) is 5.75 Å². The van der Waals surface area contributed by atoms with Crippen molar-refractivity contribution in [3.8, 4) is 28.7 Å². The highest BCUT2D eigenvalue weighted by Crippen LogP contribution is 2.32. The molecule has 0 fully saturated rings. The van der Waals surface area contributed by atoms with Crippen molar-refractivity contribution in [2.24, 2.45) is 0 Å². The number of carbonyl (C=O) groups excluding carboxylic acids is 1. The van der Waals surface area contributed by atoms with Gasteiger partial charge in [0.05, 0.1) is 7.11 Å². The maximum absolute atomic E-state index is 12.6. The van der Waals surface area contributed by atoms with Crippen molar-refractivity contribution in [3.05, 3.63) is 77.8 Å². The summed E-state index contributed by atoms with van der Waals surface area (Å²) in [5, 5.41) is 2.98. The predicted octanol–water partition coefficient (Wildman–Crippen LogP) is 3.81. The van der Waals surface area contributed by atoms with Crippen LogP contribution in [-0.2, 0) is 6.42 Å². The standard InChI is InChI=1S/C23H20N4O3/c1-29-19-10-6-5-9-16(19)15-11-17-20(22(28)24-12-15)27-21(25-17)18-13-30-23(26-18)14-7-3-2-4-8-14/h2-10,13,15H,11-12H2,1H3,(H,24,28)(H,25,27)/t15-/m1/s1. The lowest BCUT2D eigenvalue weighted by atomic mass is 9.93. The van der Waals surface area contributed by atoms with Gasteiger partial charge in [-0.3, -0.25) is 4.79 Å². The number of H-pyrrole nitrogens is 1. The number of rotatable bonds is 4. The van der Waals surface area contributed by atoms with Gasteiger partial charge in [-0.05, 0) is 30.2 Å². The number of hydrogen-bond donors (Lipinski definition) is 2. The number of aromatic amines is 1. The van der Waals surface area contributed by atoms with Crippen molar-refractivity contribution in [1.82, 2.24) is 20.3 Å². The van der Waals surface area contributed by atoms with Crippen LogP contribution in [0.15, 0.2) is 65.3 Å². The SMILES string of the molecule is COc1ccccc1[C@H]1CNC(=O)c2nc(-c3coc(-c4ccccc4)n3)[nH]c2C1. The van der Waals surface area contributed by atoms with E-state index in [9.17, 15) is 4.79 Å². The van der Waals surface area contributed by atoms with E-state index in [1.165, 1.54) is 0 Å². The van der Waals surface area contributed by atoms with E-state index in [1.807, 2.05) is 54.6 Å². The van der Waals surface area contributed by atoms with E-state index in [2.05, 4.69) is 20.3 Å². The number of methoxy groups -OCH3 is 1. The maximum Gasteiger partial charge on any atom is 0.271 e. The molecule has 5 rings (SSSR count). The van der Waals surface area contributed by atoms with Crippen molar-refractivity contribution in [2.45, 2.75) is 12.3 Å².